The minimum atomic E-state index is -0.0527. The van der Waals surface area contributed by atoms with Crippen LogP contribution in [0.25, 0.3) is 0 Å². The zero-order chi connectivity index (χ0) is 18.3. The Balaban J connectivity index is 1.64. The number of guanidine groups is 1. The van der Waals surface area contributed by atoms with Crippen molar-refractivity contribution in [3.05, 3.63) is 0 Å². The minimum absolute atomic E-state index is 0.0527. The van der Waals surface area contributed by atoms with E-state index >= 15 is 0 Å². The smallest absolute Gasteiger partial charge is 0.191 e. The maximum atomic E-state index is 5.91. The van der Waals surface area contributed by atoms with Crippen LogP contribution >= 0.6 is 0 Å². The van der Waals surface area contributed by atoms with E-state index in [0.29, 0.717) is 0 Å². The van der Waals surface area contributed by atoms with Gasteiger partial charge in [-0.1, -0.05) is 19.3 Å². The molecule has 26 heavy (non-hydrogen) atoms. The third-order valence-corrected chi connectivity index (χ3v) is 6.27. The molecule has 0 aromatic heterocycles. The van der Waals surface area contributed by atoms with Crippen molar-refractivity contribution in [2.75, 3.05) is 52.5 Å². The lowest BCUT2D eigenvalue weighted by Gasteiger charge is -2.47. The number of morpholine rings is 1. The van der Waals surface area contributed by atoms with Gasteiger partial charge in [0, 0.05) is 38.3 Å². The molecule has 0 aromatic carbocycles. The fourth-order valence-electron chi connectivity index (χ4n) is 4.64. The van der Waals surface area contributed by atoms with Crippen LogP contribution in [-0.4, -0.2) is 74.5 Å². The lowest BCUT2D eigenvalue weighted by molar-refractivity contribution is -0.0333. The van der Waals surface area contributed by atoms with Gasteiger partial charge in [-0.05, 0) is 39.5 Å². The molecule has 3 aliphatic rings. The molecule has 0 amide bonds. The van der Waals surface area contributed by atoms with Crippen molar-refractivity contribution < 1.29 is 9.47 Å². The van der Waals surface area contributed by atoms with Crippen molar-refractivity contribution >= 4 is 5.96 Å². The number of hydrogen-bond acceptors (Lipinski definition) is 4. The molecule has 1 saturated carbocycles. The molecular formula is C20H38N4O2. The van der Waals surface area contributed by atoms with Gasteiger partial charge < -0.3 is 20.1 Å². The second-order valence-corrected chi connectivity index (χ2v) is 8.34. The van der Waals surface area contributed by atoms with Gasteiger partial charge in [-0.2, -0.15) is 0 Å². The first-order chi connectivity index (χ1) is 12.7. The Morgan fingerprint density at radius 1 is 1.00 bits per heavy atom. The molecule has 0 aromatic rings. The number of aliphatic imine (C=N–C) groups is 1. The molecule has 6 heteroatoms. The Kier molecular flexibility index (Phi) is 7.18. The van der Waals surface area contributed by atoms with Crippen molar-refractivity contribution in [1.82, 2.24) is 15.5 Å². The van der Waals surface area contributed by atoms with E-state index in [1.54, 1.807) is 0 Å². The van der Waals surface area contributed by atoms with Gasteiger partial charge in [0.2, 0.25) is 0 Å². The average Bonchev–Trinajstić information content (AvgIpc) is 3.12. The SMILES string of the molecule is CCNC(=NCC1(N2CCOCC2)CCCCC1)NCC1(C)CCCO1. The van der Waals surface area contributed by atoms with E-state index in [-0.39, 0.29) is 11.1 Å². The molecule has 1 aliphatic carbocycles. The maximum absolute atomic E-state index is 5.91. The van der Waals surface area contributed by atoms with Crippen LogP contribution in [0.15, 0.2) is 4.99 Å². The number of nitrogens with one attached hydrogen (secondary N) is 2. The van der Waals surface area contributed by atoms with Gasteiger partial charge in [0.15, 0.2) is 5.96 Å². The summed E-state index contributed by atoms with van der Waals surface area (Å²) in [5.74, 6) is 0.933. The van der Waals surface area contributed by atoms with Crippen LogP contribution in [0.5, 0.6) is 0 Å². The van der Waals surface area contributed by atoms with E-state index in [1.807, 2.05) is 0 Å². The van der Waals surface area contributed by atoms with Gasteiger partial charge in [0.1, 0.15) is 0 Å². The van der Waals surface area contributed by atoms with Crippen LogP contribution in [0, 0.1) is 0 Å². The van der Waals surface area contributed by atoms with E-state index < -0.39 is 0 Å². The van der Waals surface area contributed by atoms with Gasteiger partial charge in [-0.15, -0.1) is 0 Å². The Labute approximate surface area is 159 Å². The largest absolute Gasteiger partial charge is 0.379 e. The fraction of sp³-hybridized carbons (Fsp3) is 0.950. The highest BCUT2D eigenvalue weighted by atomic mass is 16.5. The molecular weight excluding hydrogens is 328 g/mol. The van der Waals surface area contributed by atoms with E-state index in [1.165, 1.54) is 32.1 Å². The van der Waals surface area contributed by atoms with Crippen molar-refractivity contribution in [2.45, 2.75) is 69.9 Å². The first-order valence-electron chi connectivity index (χ1n) is 10.6. The lowest BCUT2D eigenvalue weighted by Crippen LogP contribution is -2.57. The van der Waals surface area contributed by atoms with Gasteiger partial charge in [-0.3, -0.25) is 9.89 Å². The molecule has 0 radical (unpaired) electrons. The van der Waals surface area contributed by atoms with E-state index in [2.05, 4.69) is 29.4 Å². The molecule has 2 aliphatic heterocycles. The molecule has 3 fully saturated rings. The van der Waals surface area contributed by atoms with Crippen molar-refractivity contribution in [2.24, 2.45) is 4.99 Å². The highest BCUT2D eigenvalue weighted by Crippen LogP contribution is 2.34. The second kappa shape index (κ2) is 9.38. The summed E-state index contributed by atoms with van der Waals surface area (Å²) in [7, 11) is 0. The molecule has 2 saturated heterocycles. The molecule has 1 unspecified atom stereocenters. The summed E-state index contributed by atoms with van der Waals surface area (Å²) in [5.41, 5.74) is 0.168. The van der Waals surface area contributed by atoms with Crippen LogP contribution in [0.2, 0.25) is 0 Å². The predicted octanol–water partition coefficient (Wildman–Crippen LogP) is 2.15. The first-order valence-corrected chi connectivity index (χ1v) is 10.6. The van der Waals surface area contributed by atoms with Crippen LogP contribution in [0.1, 0.15) is 58.8 Å². The molecule has 3 rings (SSSR count). The highest BCUT2D eigenvalue weighted by Gasteiger charge is 2.38. The highest BCUT2D eigenvalue weighted by molar-refractivity contribution is 5.79. The van der Waals surface area contributed by atoms with Crippen LogP contribution in [-0.2, 0) is 9.47 Å². The van der Waals surface area contributed by atoms with E-state index in [9.17, 15) is 0 Å². The second-order valence-electron chi connectivity index (χ2n) is 8.34. The summed E-state index contributed by atoms with van der Waals surface area (Å²) in [5, 5.41) is 6.96. The molecule has 2 N–H and O–H groups in total. The lowest BCUT2D eigenvalue weighted by atomic mass is 9.80. The number of rotatable bonds is 6. The minimum Gasteiger partial charge on any atom is -0.379 e. The van der Waals surface area contributed by atoms with Gasteiger partial charge in [0.05, 0.1) is 25.4 Å². The average molecular weight is 367 g/mol. The molecule has 150 valence electrons. The number of hydrogen-bond donors (Lipinski definition) is 2. The van der Waals surface area contributed by atoms with E-state index in [4.69, 9.17) is 14.5 Å². The zero-order valence-electron chi connectivity index (χ0n) is 16.8. The summed E-state index contributed by atoms with van der Waals surface area (Å²) in [4.78, 5) is 7.69. The van der Waals surface area contributed by atoms with Crippen molar-refractivity contribution in [3.63, 3.8) is 0 Å². The third kappa shape index (κ3) is 5.11. The van der Waals surface area contributed by atoms with Gasteiger partial charge in [0.25, 0.3) is 0 Å². The molecule has 0 spiro atoms. The first kappa shape index (κ1) is 19.9. The van der Waals surface area contributed by atoms with E-state index in [0.717, 1.165) is 71.3 Å². The molecule has 0 bridgehead atoms. The third-order valence-electron chi connectivity index (χ3n) is 6.27. The Bertz CT molecular complexity index is 451. The number of ether oxygens (including phenoxy) is 2. The van der Waals surface area contributed by atoms with Gasteiger partial charge in [-0.25, -0.2) is 0 Å². The van der Waals surface area contributed by atoms with Crippen molar-refractivity contribution in [3.8, 4) is 0 Å². The normalized spacial score (nSPS) is 30.3. The summed E-state index contributed by atoms with van der Waals surface area (Å²) in [6.45, 7) is 11.6. The predicted molar refractivity (Wildman–Crippen MR) is 106 cm³/mol. The van der Waals surface area contributed by atoms with Crippen molar-refractivity contribution in [1.29, 1.82) is 0 Å². The topological polar surface area (TPSA) is 58.1 Å². The Morgan fingerprint density at radius 2 is 1.77 bits per heavy atom. The summed E-state index contributed by atoms with van der Waals surface area (Å²) in [6.07, 6.45) is 8.81. The summed E-state index contributed by atoms with van der Waals surface area (Å²) in [6, 6.07) is 0. The maximum Gasteiger partial charge on any atom is 0.191 e. The summed E-state index contributed by atoms with van der Waals surface area (Å²) >= 11 is 0. The fourth-order valence-corrected chi connectivity index (χ4v) is 4.64. The van der Waals surface area contributed by atoms with Crippen LogP contribution in [0.3, 0.4) is 0 Å². The molecule has 1 atom stereocenters. The quantitative estimate of drug-likeness (QED) is 0.557. The molecule has 6 nitrogen and oxygen atoms in total. The van der Waals surface area contributed by atoms with Crippen LogP contribution < -0.4 is 10.6 Å². The monoisotopic (exact) mass is 366 g/mol. The number of nitrogens with zero attached hydrogens (tertiary/aromatic N) is 2. The molecule has 2 heterocycles. The summed E-state index contributed by atoms with van der Waals surface area (Å²) < 4.78 is 11.5. The zero-order valence-corrected chi connectivity index (χ0v) is 16.8. The standard InChI is InChI=1S/C20H38N4O2/c1-3-21-18(22-16-19(2)8-7-13-26-19)23-17-20(9-5-4-6-10-20)24-11-14-25-15-12-24/h3-17H2,1-2H3,(H2,21,22,23). The van der Waals surface area contributed by atoms with Gasteiger partial charge >= 0.3 is 0 Å². The Morgan fingerprint density at radius 3 is 2.42 bits per heavy atom. The van der Waals surface area contributed by atoms with Crippen LogP contribution in [0.4, 0.5) is 0 Å². The Hall–Kier alpha value is -0.850.